The molecule has 0 radical (unpaired) electrons. The molecule has 7 nitrogen and oxygen atoms in total. The lowest BCUT2D eigenvalue weighted by Crippen LogP contribution is -2.51. The number of anilines is 2. The first-order chi connectivity index (χ1) is 13.8. The maximum absolute atomic E-state index is 13.1. The van der Waals surface area contributed by atoms with Crippen LogP contribution in [0.5, 0.6) is 0 Å². The Hall–Kier alpha value is -2.00. The van der Waals surface area contributed by atoms with Crippen LogP contribution in [0.3, 0.4) is 0 Å². The van der Waals surface area contributed by atoms with Crippen LogP contribution < -0.4 is 10.0 Å². The van der Waals surface area contributed by atoms with Crippen molar-refractivity contribution >= 4 is 38.1 Å². The third kappa shape index (κ3) is 3.44. The highest BCUT2D eigenvalue weighted by molar-refractivity contribution is 7.94. The summed E-state index contributed by atoms with van der Waals surface area (Å²) in [6.07, 6.45) is 6.63. The third-order valence-corrected chi connectivity index (χ3v) is 9.34. The monoisotopic (exact) mass is 432 g/mol. The molecule has 0 saturated heterocycles. The van der Waals surface area contributed by atoms with Crippen LogP contribution in [0.25, 0.3) is 0 Å². The van der Waals surface area contributed by atoms with Crippen molar-refractivity contribution in [3.63, 3.8) is 0 Å². The van der Waals surface area contributed by atoms with E-state index in [-0.39, 0.29) is 20.8 Å². The van der Waals surface area contributed by atoms with Crippen molar-refractivity contribution in [2.45, 2.75) is 49.8 Å². The molecule has 6 rings (SSSR count). The number of aromatic nitrogens is 2. The second kappa shape index (κ2) is 6.77. The molecule has 1 heterocycles. The molecule has 4 aliphatic rings. The summed E-state index contributed by atoms with van der Waals surface area (Å²) in [7, 11) is -3.85. The van der Waals surface area contributed by atoms with E-state index in [4.69, 9.17) is 0 Å². The first kappa shape index (κ1) is 19.0. The van der Waals surface area contributed by atoms with Crippen LogP contribution in [0, 0.1) is 30.1 Å². The summed E-state index contributed by atoms with van der Waals surface area (Å²) in [5.41, 5.74) is 1.01. The van der Waals surface area contributed by atoms with E-state index >= 15 is 0 Å². The van der Waals surface area contributed by atoms with E-state index in [0.29, 0.717) is 23.4 Å². The Balaban J connectivity index is 1.32. The van der Waals surface area contributed by atoms with Gasteiger partial charge in [0.05, 0.1) is 11.1 Å². The highest BCUT2D eigenvalue weighted by Crippen LogP contribution is 2.60. The fourth-order valence-electron chi connectivity index (χ4n) is 5.86. The van der Waals surface area contributed by atoms with Crippen LogP contribution in [0.4, 0.5) is 10.8 Å². The summed E-state index contributed by atoms with van der Waals surface area (Å²) >= 11 is 0.893. The number of rotatable bonds is 5. The van der Waals surface area contributed by atoms with Gasteiger partial charge in [-0.05, 0) is 74.8 Å². The largest absolute Gasteiger partial charge is 0.300 e. The molecule has 29 heavy (non-hydrogen) atoms. The Morgan fingerprint density at radius 2 is 1.69 bits per heavy atom. The van der Waals surface area contributed by atoms with E-state index in [0.717, 1.165) is 36.2 Å². The number of amides is 1. The average molecular weight is 433 g/mol. The highest BCUT2D eigenvalue weighted by atomic mass is 32.2. The second-order valence-corrected chi connectivity index (χ2v) is 11.8. The van der Waals surface area contributed by atoms with Gasteiger partial charge < -0.3 is 5.32 Å². The van der Waals surface area contributed by atoms with Crippen molar-refractivity contribution in [3.05, 3.63) is 29.8 Å². The lowest BCUT2D eigenvalue weighted by Gasteiger charge is -2.55. The second-order valence-electron chi connectivity index (χ2n) is 8.95. The fraction of sp³-hybridized carbons (Fsp3) is 0.550. The number of carbonyl (C=O) groups is 1. The predicted molar refractivity (Wildman–Crippen MR) is 111 cm³/mol. The van der Waals surface area contributed by atoms with E-state index in [2.05, 4.69) is 20.2 Å². The van der Waals surface area contributed by atoms with Crippen LogP contribution >= 0.6 is 11.3 Å². The number of sulfonamides is 1. The number of hydrogen-bond donors (Lipinski definition) is 2. The van der Waals surface area contributed by atoms with Crippen molar-refractivity contribution in [3.8, 4) is 0 Å². The van der Waals surface area contributed by atoms with Gasteiger partial charge in [-0.1, -0.05) is 29.5 Å². The minimum absolute atomic E-state index is 0.0106. The smallest absolute Gasteiger partial charge is 0.291 e. The summed E-state index contributed by atoms with van der Waals surface area (Å²) < 4.78 is 27.7. The van der Waals surface area contributed by atoms with E-state index in [1.807, 2.05) is 19.1 Å². The molecule has 4 saturated carbocycles. The molecular weight excluding hydrogens is 408 g/mol. The van der Waals surface area contributed by atoms with Gasteiger partial charge in [0.2, 0.25) is 11.0 Å². The Morgan fingerprint density at radius 1 is 1.07 bits per heavy atom. The lowest BCUT2D eigenvalue weighted by atomic mass is 9.49. The van der Waals surface area contributed by atoms with E-state index in [9.17, 15) is 13.2 Å². The zero-order valence-electron chi connectivity index (χ0n) is 16.2. The van der Waals surface area contributed by atoms with E-state index in [1.165, 1.54) is 19.3 Å². The van der Waals surface area contributed by atoms with Gasteiger partial charge in [-0.25, -0.2) is 0 Å². The molecule has 2 aromatic rings. The highest BCUT2D eigenvalue weighted by Gasteiger charge is 2.54. The molecule has 4 fully saturated rings. The molecule has 4 aliphatic carbocycles. The van der Waals surface area contributed by atoms with Gasteiger partial charge in [0.1, 0.15) is 0 Å². The Morgan fingerprint density at radius 3 is 2.31 bits per heavy atom. The van der Waals surface area contributed by atoms with Gasteiger partial charge in [0.25, 0.3) is 14.4 Å². The molecule has 2 N–H and O–H groups in total. The molecule has 0 atom stereocenters. The summed E-state index contributed by atoms with van der Waals surface area (Å²) in [6.45, 7) is 1.83. The molecule has 0 aliphatic heterocycles. The van der Waals surface area contributed by atoms with Crippen LogP contribution in [-0.2, 0) is 14.8 Å². The number of nitrogens with zero attached hydrogens (tertiary/aromatic N) is 2. The maximum Gasteiger partial charge on any atom is 0.291 e. The van der Waals surface area contributed by atoms with Crippen molar-refractivity contribution in [1.29, 1.82) is 0 Å². The summed E-state index contributed by atoms with van der Waals surface area (Å²) in [4.78, 5) is 13.1. The summed E-state index contributed by atoms with van der Waals surface area (Å²) in [5, 5.41) is 10.9. The number of aryl methyl sites for hydroxylation is 1. The molecule has 1 amide bonds. The number of hydrogen-bond acceptors (Lipinski definition) is 6. The molecule has 0 unspecified atom stereocenters. The van der Waals surface area contributed by atoms with Gasteiger partial charge in [0, 0.05) is 0 Å². The Labute approximate surface area is 174 Å². The number of benzene rings is 1. The minimum Gasteiger partial charge on any atom is -0.300 e. The summed E-state index contributed by atoms with van der Waals surface area (Å²) in [6, 6.07) is 7.14. The topological polar surface area (TPSA) is 101 Å². The first-order valence-electron chi connectivity index (χ1n) is 10.1. The Bertz CT molecular complexity index is 1030. The van der Waals surface area contributed by atoms with Crippen LogP contribution in [0.15, 0.2) is 28.6 Å². The molecule has 154 valence electrons. The third-order valence-electron chi connectivity index (χ3n) is 6.77. The molecule has 9 heteroatoms. The van der Waals surface area contributed by atoms with Crippen molar-refractivity contribution in [2.75, 3.05) is 10.0 Å². The van der Waals surface area contributed by atoms with Gasteiger partial charge in [-0.3, -0.25) is 9.52 Å². The van der Waals surface area contributed by atoms with Crippen LogP contribution in [-0.4, -0.2) is 24.5 Å². The molecule has 1 aromatic heterocycles. The standard InChI is InChI=1S/C20H24N4O3S2/c1-12-4-2-3-5-16(12)24-29(26,27)19-23-22-18(28-19)21-17(25)20-9-13-6-14(10-20)8-15(7-13)11-20/h2-5,13-15,24H,6-11H2,1H3,(H,21,22,25). The molecule has 0 spiro atoms. The van der Waals surface area contributed by atoms with E-state index < -0.39 is 10.0 Å². The van der Waals surface area contributed by atoms with Gasteiger partial charge in [-0.2, -0.15) is 8.42 Å². The first-order valence-corrected chi connectivity index (χ1v) is 12.4. The Kier molecular flexibility index (Phi) is 4.43. The quantitative estimate of drug-likeness (QED) is 0.700. The van der Waals surface area contributed by atoms with Crippen molar-refractivity contribution < 1.29 is 13.2 Å². The maximum atomic E-state index is 13.1. The lowest BCUT2D eigenvalue weighted by molar-refractivity contribution is -0.140. The molecular formula is C20H24N4O3S2. The zero-order valence-corrected chi connectivity index (χ0v) is 17.9. The average Bonchev–Trinajstić information content (AvgIpc) is 3.12. The van der Waals surface area contributed by atoms with E-state index in [1.54, 1.807) is 12.1 Å². The van der Waals surface area contributed by atoms with Crippen LogP contribution in [0.1, 0.15) is 44.1 Å². The normalized spacial score (nSPS) is 30.3. The van der Waals surface area contributed by atoms with Crippen molar-refractivity contribution in [2.24, 2.45) is 23.2 Å². The molecule has 4 bridgehead atoms. The van der Waals surface area contributed by atoms with Crippen molar-refractivity contribution in [1.82, 2.24) is 10.2 Å². The van der Waals surface area contributed by atoms with Gasteiger partial charge in [-0.15, -0.1) is 10.2 Å². The SMILES string of the molecule is Cc1ccccc1NS(=O)(=O)c1nnc(NC(=O)C23CC4CC(CC(C4)C2)C3)s1. The minimum atomic E-state index is -3.85. The number of para-hydroxylation sites is 1. The zero-order chi connectivity index (χ0) is 20.2. The molecule has 1 aromatic carbocycles. The van der Waals surface area contributed by atoms with Gasteiger partial charge >= 0.3 is 0 Å². The summed E-state index contributed by atoms with van der Waals surface area (Å²) in [5.74, 6) is 1.98. The number of carbonyl (C=O) groups excluding carboxylic acids is 1. The van der Waals surface area contributed by atoms with Gasteiger partial charge in [0.15, 0.2) is 0 Å². The van der Waals surface area contributed by atoms with Crippen LogP contribution in [0.2, 0.25) is 0 Å². The number of nitrogens with one attached hydrogen (secondary N) is 2. The predicted octanol–water partition coefficient (Wildman–Crippen LogP) is 3.80. The fourth-order valence-corrected chi connectivity index (χ4v) is 7.89.